The number of nitrogens with zero attached hydrogens (tertiary/aromatic N) is 6. The molecule has 0 radical (unpaired) electrons. The summed E-state index contributed by atoms with van der Waals surface area (Å²) in [6, 6.07) is 0.0952. The molecular formula is C17H32N6O2S. The molecule has 2 aliphatic heterocycles. The maximum Gasteiger partial charge on any atom is 0.216 e. The van der Waals surface area contributed by atoms with Crippen LogP contribution >= 0.6 is 0 Å². The van der Waals surface area contributed by atoms with Crippen LogP contribution in [0.15, 0.2) is 6.20 Å². The Kier molecular flexibility index (Phi) is 6.65. The Morgan fingerprint density at radius 1 is 1.15 bits per heavy atom. The van der Waals surface area contributed by atoms with Crippen molar-refractivity contribution < 1.29 is 8.42 Å². The number of rotatable bonds is 8. The van der Waals surface area contributed by atoms with Crippen LogP contribution in [0.4, 0.5) is 0 Å². The lowest BCUT2D eigenvalue weighted by Gasteiger charge is -2.35. The van der Waals surface area contributed by atoms with Gasteiger partial charge in [-0.05, 0) is 13.5 Å². The van der Waals surface area contributed by atoms with E-state index in [1.165, 1.54) is 19.3 Å². The quantitative estimate of drug-likeness (QED) is 0.612. The normalized spacial score (nSPS) is 25.1. The first-order chi connectivity index (χ1) is 12.5. The highest BCUT2D eigenvalue weighted by Gasteiger charge is 2.39. The standard InChI is InChI=1S/C17H32N6O2S/c1-3-4-5-6-7-22-12-16(18-19-22)13-23-14-17(15-26(23,24)25)21-10-8-20(2)9-11-21/h12,17H,3-11,13-15H2,1-2H3. The molecule has 0 N–H and O–H groups in total. The number of unbranched alkanes of at least 4 members (excludes halogenated alkanes) is 3. The molecule has 8 nitrogen and oxygen atoms in total. The minimum Gasteiger partial charge on any atom is -0.304 e. The molecule has 3 heterocycles. The second-order valence-corrected chi connectivity index (χ2v) is 9.61. The van der Waals surface area contributed by atoms with Crippen LogP contribution in [0.5, 0.6) is 0 Å². The fourth-order valence-corrected chi connectivity index (χ4v) is 5.46. The van der Waals surface area contributed by atoms with Crippen molar-refractivity contribution in [1.29, 1.82) is 0 Å². The maximum absolute atomic E-state index is 12.6. The van der Waals surface area contributed by atoms with E-state index in [1.807, 2.05) is 10.9 Å². The zero-order valence-electron chi connectivity index (χ0n) is 16.0. The van der Waals surface area contributed by atoms with E-state index < -0.39 is 10.0 Å². The largest absolute Gasteiger partial charge is 0.304 e. The summed E-state index contributed by atoms with van der Waals surface area (Å²) in [5.74, 6) is 0.224. The molecule has 3 rings (SSSR count). The Labute approximate surface area is 157 Å². The first kappa shape index (κ1) is 19.7. The molecule has 0 aromatic carbocycles. The van der Waals surface area contributed by atoms with Gasteiger partial charge in [-0.2, -0.15) is 4.31 Å². The van der Waals surface area contributed by atoms with Crippen LogP contribution in [0, 0.1) is 0 Å². The first-order valence-corrected chi connectivity index (χ1v) is 11.4. The molecule has 2 fully saturated rings. The lowest BCUT2D eigenvalue weighted by Crippen LogP contribution is -2.50. The van der Waals surface area contributed by atoms with Crippen LogP contribution in [-0.4, -0.2) is 89.1 Å². The summed E-state index contributed by atoms with van der Waals surface area (Å²) in [5.41, 5.74) is 0.739. The third-order valence-electron chi connectivity index (χ3n) is 5.43. The van der Waals surface area contributed by atoms with Gasteiger partial charge in [-0.1, -0.05) is 31.4 Å². The number of hydrogen-bond donors (Lipinski definition) is 0. The van der Waals surface area contributed by atoms with Gasteiger partial charge in [-0.3, -0.25) is 9.58 Å². The number of sulfonamides is 1. The summed E-state index contributed by atoms with van der Waals surface area (Å²) in [6.45, 7) is 7.84. The molecule has 0 bridgehead atoms. The van der Waals surface area contributed by atoms with E-state index in [2.05, 4.69) is 34.1 Å². The number of likely N-dealkylation sites (N-methyl/N-ethyl adjacent to an activating group) is 1. The van der Waals surface area contributed by atoms with Crippen molar-refractivity contribution in [2.75, 3.05) is 45.5 Å². The van der Waals surface area contributed by atoms with Gasteiger partial charge in [-0.15, -0.1) is 5.10 Å². The van der Waals surface area contributed by atoms with Crippen molar-refractivity contribution in [3.8, 4) is 0 Å². The van der Waals surface area contributed by atoms with Crippen molar-refractivity contribution >= 4 is 10.0 Å². The second-order valence-electron chi connectivity index (χ2n) is 7.60. The third kappa shape index (κ3) is 5.03. The number of piperazine rings is 1. The topological polar surface area (TPSA) is 74.6 Å². The lowest BCUT2D eigenvalue weighted by atomic mass is 10.2. The highest BCUT2D eigenvalue weighted by molar-refractivity contribution is 7.89. The number of aryl methyl sites for hydroxylation is 1. The van der Waals surface area contributed by atoms with E-state index in [0.29, 0.717) is 13.1 Å². The average molecular weight is 385 g/mol. The molecule has 1 atom stereocenters. The molecule has 0 amide bonds. The highest BCUT2D eigenvalue weighted by Crippen LogP contribution is 2.21. The lowest BCUT2D eigenvalue weighted by molar-refractivity contribution is 0.116. The molecule has 0 spiro atoms. The number of aromatic nitrogens is 3. The Balaban J connectivity index is 1.53. The van der Waals surface area contributed by atoms with Crippen LogP contribution < -0.4 is 0 Å². The minimum absolute atomic E-state index is 0.0952. The van der Waals surface area contributed by atoms with E-state index in [9.17, 15) is 8.42 Å². The van der Waals surface area contributed by atoms with Crippen molar-refractivity contribution in [3.05, 3.63) is 11.9 Å². The van der Waals surface area contributed by atoms with E-state index in [0.717, 1.165) is 44.8 Å². The number of hydrogen-bond acceptors (Lipinski definition) is 6. The van der Waals surface area contributed by atoms with Gasteiger partial charge in [0.15, 0.2) is 0 Å². The summed E-state index contributed by atoms with van der Waals surface area (Å²) in [6.07, 6.45) is 6.62. The summed E-state index contributed by atoms with van der Waals surface area (Å²) in [4.78, 5) is 4.61. The van der Waals surface area contributed by atoms with Crippen molar-refractivity contribution in [2.24, 2.45) is 0 Å². The van der Waals surface area contributed by atoms with Crippen LogP contribution in [0.2, 0.25) is 0 Å². The van der Waals surface area contributed by atoms with Crippen molar-refractivity contribution in [3.63, 3.8) is 0 Å². The molecular weight excluding hydrogens is 352 g/mol. The predicted molar refractivity (Wildman–Crippen MR) is 101 cm³/mol. The van der Waals surface area contributed by atoms with Gasteiger partial charge in [-0.25, -0.2) is 8.42 Å². The molecule has 0 saturated carbocycles. The maximum atomic E-state index is 12.6. The summed E-state index contributed by atoms with van der Waals surface area (Å²) < 4.78 is 28.6. The molecule has 1 unspecified atom stereocenters. The molecule has 2 aliphatic rings. The van der Waals surface area contributed by atoms with E-state index in [1.54, 1.807) is 4.31 Å². The average Bonchev–Trinajstić information content (AvgIpc) is 3.17. The highest BCUT2D eigenvalue weighted by atomic mass is 32.2. The predicted octanol–water partition coefficient (Wildman–Crippen LogP) is 0.620. The van der Waals surface area contributed by atoms with Crippen LogP contribution in [0.25, 0.3) is 0 Å². The zero-order valence-corrected chi connectivity index (χ0v) is 16.9. The van der Waals surface area contributed by atoms with Crippen LogP contribution in [0.3, 0.4) is 0 Å². The second kappa shape index (κ2) is 8.77. The van der Waals surface area contributed by atoms with Crippen LogP contribution in [-0.2, 0) is 23.1 Å². The summed E-state index contributed by atoms with van der Waals surface area (Å²) in [7, 11) is -1.10. The van der Waals surface area contributed by atoms with Gasteiger partial charge in [0.05, 0.1) is 18.0 Å². The van der Waals surface area contributed by atoms with Crippen molar-refractivity contribution in [2.45, 2.75) is 51.7 Å². The molecule has 1 aromatic rings. The molecule has 9 heteroatoms. The molecule has 1 aromatic heterocycles. The van der Waals surface area contributed by atoms with Gasteiger partial charge in [0.25, 0.3) is 0 Å². The van der Waals surface area contributed by atoms with Crippen LogP contribution in [0.1, 0.15) is 38.3 Å². The zero-order chi connectivity index (χ0) is 18.6. The van der Waals surface area contributed by atoms with E-state index in [4.69, 9.17) is 0 Å². The molecule has 2 saturated heterocycles. The Bertz CT molecular complexity index is 669. The monoisotopic (exact) mass is 384 g/mol. The van der Waals surface area contributed by atoms with Gasteiger partial charge >= 0.3 is 0 Å². The Morgan fingerprint density at radius 2 is 1.92 bits per heavy atom. The van der Waals surface area contributed by atoms with Crippen molar-refractivity contribution in [1.82, 2.24) is 29.1 Å². The first-order valence-electron chi connectivity index (χ1n) is 9.77. The van der Waals surface area contributed by atoms with Gasteiger partial charge in [0, 0.05) is 51.5 Å². The SMILES string of the molecule is CCCCCCn1cc(CN2CC(N3CCN(C)CC3)CS2(=O)=O)nn1. The van der Waals surface area contributed by atoms with Gasteiger partial charge in [0.1, 0.15) is 0 Å². The summed E-state index contributed by atoms with van der Waals surface area (Å²) in [5, 5.41) is 8.33. The van der Waals surface area contributed by atoms with Gasteiger partial charge < -0.3 is 4.90 Å². The fraction of sp³-hybridized carbons (Fsp3) is 0.882. The smallest absolute Gasteiger partial charge is 0.216 e. The molecule has 0 aliphatic carbocycles. The molecule has 148 valence electrons. The Morgan fingerprint density at radius 3 is 2.65 bits per heavy atom. The third-order valence-corrected chi connectivity index (χ3v) is 7.30. The Hall–Kier alpha value is -1.03. The van der Waals surface area contributed by atoms with Gasteiger partial charge in [0.2, 0.25) is 10.0 Å². The van der Waals surface area contributed by atoms with E-state index in [-0.39, 0.29) is 11.8 Å². The summed E-state index contributed by atoms with van der Waals surface area (Å²) >= 11 is 0. The molecule has 26 heavy (non-hydrogen) atoms. The minimum atomic E-state index is -3.21. The fourth-order valence-electron chi connectivity index (χ4n) is 3.72. The van der Waals surface area contributed by atoms with E-state index >= 15 is 0 Å².